The second-order valence-corrected chi connectivity index (χ2v) is 5.37. The second-order valence-electron chi connectivity index (χ2n) is 5.00. The number of aliphatic hydroxyl groups excluding tert-OH is 1. The van der Waals surface area contributed by atoms with Crippen LogP contribution in [0, 0.1) is 6.92 Å². The number of halogens is 1. The average molecular weight is 301 g/mol. The van der Waals surface area contributed by atoms with Crippen molar-refractivity contribution in [3.8, 4) is 5.75 Å². The van der Waals surface area contributed by atoms with Crippen molar-refractivity contribution in [2.45, 2.75) is 32.0 Å². The van der Waals surface area contributed by atoms with Crippen LogP contribution in [0.5, 0.6) is 5.75 Å². The molecular formula is C15H21ClO4. The molecule has 1 aliphatic rings. The van der Waals surface area contributed by atoms with Crippen molar-refractivity contribution in [1.82, 2.24) is 0 Å². The van der Waals surface area contributed by atoms with Crippen LogP contribution in [0.15, 0.2) is 18.2 Å². The standard InChI is InChI=1S/C15H21ClO4/c1-11-3-2-4-14(15(11)16)20-10-12(17)9-19-13-5-7-18-8-6-13/h2-4,12-13,17H,5-10H2,1H3. The third-order valence-corrected chi connectivity index (χ3v) is 3.76. The van der Waals surface area contributed by atoms with Gasteiger partial charge in [0.05, 0.1) is 17.7 Å². The van der Waals surface area contributed by atoms with Gasteiger partial charge in [0.25, 0.3) is 0 Å². The summed E-state index contributed by atoms with van der Waals surface area (Å²) in [6.45, 7) is 3.83. The smallest absolute Gasteiger partial charge is 0.138 e. The van der Waals surface area contributed by atoms with E-state index in [1.165, 1.54) is 0 Å². The van der Waals surface area contributed by atoms with Gasteiger partial charge in [0.1, 0.15) is 18.5 Å². The zero-order chi connectivity index (χ0) is 14.4. The molecule has 112 valence electrons. The van der Waals surface area contributed by atoms with Crippen LogP contribution in [-0.2, 0) is 9.47 Å². The molecule has 2 rings (SSSR count). The topological polar surface area (TPSA) is 47.9 Å². The van der Waals surface area contributed by atoms with Gasteiger partial charge in [-0.1, -0.05) is 23.7 Å². The lowest BCUT2D eigenvalue weighted by Crippen LogP contribution is -2.30. The highest BCUT2D eigenvalue weighted by Crippen LogP contribution is 2.27. The summed E-state index contributed by atoms with van der Waals surface area (Å²) in [7, 11) is 0. The quantitative estimate of drug-likeness (QED) is 0.877. The Bertz CT molecular complexity index is 418. The molecule has 5 heteroatoms. The van der Waals surface area contributed by atoms with Gasteiger partial charge in [0.15, 0.2) is 0 Å². The van der Waals surface area contributed by atoms with Gasteiger partial charge in [-0.25, -0.2) is 0 Å². The van der Waals surface area contributed by atoms with E-state index in [2.05, 4.69) is 0 Å². The molecule has 20 heavy (non-hydrogen) atoms. The summed E-state index contributed by atoms with van der Waals surface area (Å²) < 4.78 is 16.4. The number of aryl methyl sites for hydroxylation is 1. The Balaban J connectivity index is 1.71. The Kier molecular flexibility index (Phi) is 6.10. The maximum atomic E-state index is 9.88. The van der Waals surface area contributed by atoms with E-state index in [1.54, 1.807) is 6.07 Å². The Morgan fingerprint density at radius 3 is 2.85 bits per heavy atom. The van der Waals surface area contributed by atoms with Crippen LogP contribution in [0.4, 0.5) is 0 Å². The van der Waals surface area contributed by atoms with Crippen molar-refractivity contribution in [1.29, 1.82) is 0 Å². The summed E-state index contributed by atoms with van der Waals surface area (Å²) in [5, 5.41) is 10.5. The Hall–Kier alpha value is -0.810. The lowest BCUT2D eigenvalue weighted by atomic mass is 10.1. The molecule has 0 spiro atoms. The van der Waals surface area contributed by atoms with Gasteiger partial charge in [-0.05, 0) is 31.4 Å². The van der Waals surface area contributed by atoms with E-state index in [4.69, 9.17) is 25.8 Å². The van der Waals surface area contributed by atoms with E-state index in [1.807, 2.05) is 19.1 Å². The molecule has 4 nitrogen and oxygen atoms in total. The molecule has 0 saturated carbocycles. The fourth-order valence-corrected chi connectivity index (χ4v) is 2.24. The molecule has 0 radical (unpaired) electrons. The highest BCUT2D eigenvalue weighted by atomic mass is 35.5. The first-order chi connectivity index (χ1) is 9.66. The monoisotopic (exact) mass is 300 g/mol. The fourth-order valence-electron chi connectivity index (χ4n) is 2.06. The molecule has 1 aromatic carbocycles. The third-order valence-electron chi connectivity index (χ3n) is 3.28. The molecule has 1 fully saturated rings. The molecule has 0 aromatic heterocycles. The molecule has 1 aromatic rings. The molecule has 0 bridgehead atoms. The van der Waals surface area contributed by atoms with E-state index >= 15 is 0 Å². The van der Waals surface area contributed by atoms with Crippen LogP contribution < -0.4 is 4.74 Å². The first-order valence-electron chi connectivity index (χ1n) is 6.92. The number of hydrogen-bond donors (Lipinski definition) is 1. The molecule has 1 heterocycles. The van der Waals surface area contributed by atoms with Gasteiger partial charge in [0, 0.05) is 13.2 Å². The average Bonchev–Trinajstić information content (AvgIpc) is 2.48. The fraction of sp³-hybridized carbons (Fsp3) is 0.600. The molecular weight excluding hydrogens is 280 g/mol. The lowest BCUT2D eigenvalue weighted by Gasteiger charge is -2.23. The molecule has 0 amide bonds. The molecule has 1 atom stereocenters. The van der Waals surface area contributed by atoms with Crippen LogP contribution in [-0.4, -0.2) is 43.7 Å². The van der Waals surface area contributed by atoms with Gasteiger partial charge in [-0.3, -0.25) is 0 Å². The minimum Gasteiger partial charge on any atom is -0.489 e. The van der Waals surface area contributed by atoms with Gasteiger partial charge >= 0.3 is 0 Å². The van der Waals surface area contributed by atoms with Gasteiger partial charge in [0.2, 0.25) is 0 Å². The van der Waals surface area contributed by atoms with Crippen molar-refractivity contribution in [2.75, 3.05) is 26.4 Å². The minimum absolute atomic E-state index is 0.173. The van der Waals surface area contributed by atoms with E-state index in [-0.39, 0.29) is 19.3 Å². The van der Waals surface area contributed by atoms with Crippen LogP contribution >= 0.6 is 11.6 Å². The maximum Gasteiger partial charge on any atom is 0.138 e. The van der Waals surface area contributed by atoms with E-state index in [0.29, 0.717) is 10.8 Å². The van der Waals surface area contributed by atoms with Crippen molar-refractivity contribution in [3.05, 3.63) is 28.8 Å². The zero-order valence-corrected chi connectivity index (χ0v) is 12.4. The Morgan fingerprint density at radius 2 is 2.10 bits per heavy atom. The summed E-state index contributed by atoms with van der Waals surface area (Å²) in [6.07, 6.45) is 1.30. The largest absolute Gasteiger partial charge is 0.489 e. The molecule has 1 saturated heterocycles. The first-order valence-corrected chi connectivity index (χ1v) is 7.30. The predicted molar refractivity (Wildman–Crippen MR) is 77.5 cm³/mol. The number of aliphatic hydroxyl groups is 1. The van der Waals surface area contributed by atoms with Crippen LogP contribution in [0.2, 0.25) is 5.02 Å². The molecule has 1 N–H and O–H groups in total. The summed E-state index contributed by atoms with van der Waals surface area (Å²) in [6, 6.07) is 5.59. The van der Waals surface area contributed by atoms with Crippen LogP contribution in [0.25, 0.3) is 0 Å². The van der Waals surface area contributed by atoms with Crippen molar-refractivity contribution >= 4 is 11.6 Å². The summed E-state index contributed by atoms with van der Waals surface area (Å²) in [5.41, 5.74) is 0.956. The Labute approximate surface area is 124 Å². The lowest BCUT2D eigenvalue weighted by molar-refractivity contribution is -0.0659. The summed E-state index contributed by atoms with van der Waals surface area (Å²) in [4.78, 5) is 0. The SMILES string of the molecule is Cc1cccc(OCC(O)COC2CCOCC2)c1Cl. The number of ether oxygens (including phenoxy) is 3. The number of hydrogen-bond acceptors (Lipinski definition) is 4. The highest BCUT2D eigenvalue weighted by Gasteiger charge is 2.16. The normalized spacial score (nSPS) is 17.9. The van der Waals surface area contributed by atoms with Gasteiger partial charge in [-0.2, -0.15) is 0 Å². The van der Waals surface area contributed by atoms with Crippen molar-refractivity contribution < 1.29 is 19.3 Å². The van der Waals surface area contributed by atoms with Crippen molar-refractivity contribution in [2.24, 2.45) is 0 Å². The van der Waals surface area contributed by atoms with E-state index in [0.717, 1.165) is 31.6 Å². The second kappa shape index (κ2) is 7.84. The molecule has 1 unspecified atom stereocenters. The molecule has 0 aliphatic carbocycles. The van der Waals surface area contributed by atoms with Gasteiger partial charge < -0.3 is 19.3 Å². The van der Waals surface area contributed by atoms with Crippen LogP contribution in [0.1, 0.15) is 18.4 Å². The summed E-state index contributed by atoms with van der Waals surface area (Å²) in [5.74, 6) is 0.594. The maximum absolute atomic E-state index is 9.88. The number of rotatable bonds is 6. The van der Waals surface area contributed by atoms with Gasteiger partial charge in [-0.15, -0.1) is 0 Å². The number of benzene rings is 1. The third kappa shape index (κ3) is 4.63. The zero-order valence-electron chi connectivity index (χ0n) is 11.7. The Morgan fingerprint density at radius 1 is 1.35 bits per heavy atom. The van der Waals surface area contributed by atoms with Crippen molar-refractivity contribution in [3.63, 3.8) is 0 Å². The van der Waals surface area contributed by atoms with E-state index < -0.39 is 6.10 Å². The minimum atomic E-state index is -0.658. The summed E-state index contributed by atoms with van der Waals surface area (Å²) >= 11 is 6.12. The predicted octanol–water partition coefficient (Wildman–Crippen LogP) is 2.58. The first kappa shape index (κ1) is 15.6. The highest BCUT2D eigenvalue weighted by molar-refractivity contribution is 6.32. The van der Waals surface area contributed by atoms with E-state index in [9.17, 15) is 5.11 Å². The molecule has 1 aliphatic heterocycles. The van der Waals surface area contributed by atoms with Crippen LogP contribution in [0.3, 0.4) is 0 Å².